The van der Waals surface area contributed by atoms with E-state index in [4.69, 9.17) is 0 Å². The van der Waals surface area contributed by atoms with Gasteiger partial charge in [-0.15, -0.1) is 0 Å². The molecule has 1 fully saturated rings. The van der Waals surface area contributed by atoms with E-state index in [0.717, 1.165) is 43.5 Å². The molecule has 1 saturated carbocycles. The Morgan fingerprint density at radius 1 is 1.33 bits per heavy atom. The van der Waals surface area contributed by atoms with Crippen molar-refractivity contribution in [3.8, 4) is 0 Å². The molecular weight excluding hydrogens is 260 g/mol. The topological polar surface area (TPSA) is 36.4 Å². The summed E-state index contributed by atoms with van der Waals surface area (Å²) in [5, 5.41) is 10.3. The van der Waals surface area contributed by atoms with Crippen LogP contribution >= 0.6 is 0 Å². The highest BCUT2D eigenvalue weighted by Gasteiger charge is 2.31. The molecule has 3 atom stereocenters. The first kappa shape index (κ1) is 16.4. The number of aliphatic hydroxyl groups excluding tert-OH is 1. The quantitative estimate of drug-likeness (QED) is 0.875. The molecule has 2 rings (SSSR count). The molecule has 0 spiro atoms. The first-order valence-corrected chi connectivity index (χ1v) is 8.32. The maximum absolute atomic E-state index is 10.3. The molecule has 3 nitrogen and oxygen atoms in total. The van der Waals surface area contributed by atoms with Crippen molar-refractivity contribution in [2.24, 2.45) is 17.8 Å². The molecule has 0 radical (unpaired) electrons. The Bertz CT molecular complexity index is 407. The lowest BCUT2D eigenvalue weighted by atomic mass is 9.74. The largest absolute Gasteiger partial charge is 0.393 e. The Morgan fingerprint density at radius 3 is 2.81 bits per heavy atom. The minimum atomic E-state index is -0.114. The molecule has 3 unspecified atom stereocenters. The van der Waals surface area contributed by atoms with Gasteiger partial charge in [0, 0.05) is 31.4 Å². The van der Waals surface area contributed by atoms with Crippen molar-refractivity contribution in [3.05, 3.63) is 30.1 Å². The molecule has 118 valence electrons. The highest BCUT2D eigenvalue weighted by atomic mass is 16.3. The summed E-state index contributed by atoms with van der Waals surface area (Å²) < 4.78 is 0. The molecule has 1 aromatic heterocycles. The maximum atomic E-state index is 10.3. The maximum Gasteiger partial charge on any atom is 0.0580 e. The van der Waals surface area contributed by atoms with E-state index >= 15 is 0 Å². The Labute approximate surface area is 129 Å². The zero-order valence-electron chi connectivity index (χ0n) is 13.7. The van der Waals surface area contributed by atoms with Crippen molar-refractivity contribution in [3.63, 3.8) is 0 Å². The van der Waals surface area contributed by atoms with Crippen LogP contribution in [0.2, 0.25) is 0 Å². The van der Waals surface area contributed by atoms with E-state index in [0.29, 0.717) is 5.92 Å². The third kappa shape index (κ3) is 5.08. The lowest BCUT2D eigenvalue weighted by Gasteiger charge is -2.37. The summed E-state index contributed by atoms with van der Waals surface area (Å²) in [6.45, 7) is 6.62. The molecule has 1 aliphatic rings. The predicted octanol–water partition coefficient (Wildman–Crippen LogP) is 2.99. The molecule has 0 saturated heterocycles. The lowest BCUT2D eigenvalue weighted by Crippen LogP contribution is -2.39. The summed E-state index contributed by atoms with van der Waals surface area (Å²) in [6, 6.07) is 6.08. The van der Waals surface area contributed by atoms with Crippen LogP contribution in [0.1, 0.15) is 38.8 Å². The Balaban J connectivity index is 1.79. The van der Waals surface area contributed by atoms with Gasteiger partial charge >= 0.3 is 0 Å². The number of nitrogens with zero attached hydrogens (tertiary/aromatic N) is 2. The van der Waals surface area contributed by atoms with Crippen molar-refractivity contribution >= 4 is 0 Å². The van der Waals surface area contributed by atoms with E-state index in [2.05, 4.69) is 36.8 Å². The van der Waals surface area contributed by atoms with E-state index < -0.39 is 0 Å². The van der Waals surface area contributed by atoms with Gasteiger partial charge in [-0.2, -0.15) is 0 Å². The molecule has 0 amide bonds. The molecule has 3 heteroatoms. The van der Waals surface area contributed by atoms with Gasteiger partial charge in [0.15, 0.2) is 0 Å². The van der Waals surface area contributed by atoms with E-state index in [9.17, 15) is 5.11 Å². The lowest BCUT2D eigenvalue weighted by molar-refractivity contribution is 0.0226. The predicted molar refractivity (Wildman–Crippen MR) is 87.1 cm³/mol. The summed E-state index contributed by atoms with van der Waals surface area (Å²) >= 11 is 0. The number of hydrogen-bond acceptors (Lipinski definition) is 3. The van der Waals surface area contributed by atoms with Gasteiger partial charge in [0.2, 0.25) is 0 Å². The van der Waals surface area contributed by atoms with Crippen LogP contribution in [0.25, 0.3) is 0 Å². The minimum absolute atomic E-state index is 0.114. The van der Waals surface area contributed by atoms with Gasteiger partial charge in [0.05, 0.1) is 6.10 Å². The van der Waals surface area contributed by atoms with Crippen LogP contribution < -0.4 is 0 Å². The fourth-order valence-corrected chi connectivity index (χ4v) is 3.43. The Morgan fingerprint density at radius 2 is 2.14 bits per heavy atom. The van der Waals surface area contributed by atoms with E-state index in [-0.39, 0.29) is 6.10 Å². The number of pyridine rings is 1. The Hall–Kier alpha value is -0.930. The van der Waals surface area contributed by atoms with Gasteiger partial charge in [-0.3, -0.25) is 4.98 Å². The van der Waals surface area contributed by atoms with Crippen molar-refractivity contribution < 1.29 is 5.11 Å². The molecule has 1 heterocycles. The average molecular weight is 290 g/mol. The van der Waals surface area contributed by atoms with Crippen molar-refractivity contribution in [2.75, 3.05) is 20.1 Å². The number of hydrogen-bond donors (Lipinski definition) is 1. The number of likely N-dealkylation sites (N-methyl/N-ethyl adjacent to an activating group) is 1. The summed E-state index contributed by atoms with van der Waals surface area (Å²) in [5.41, 5.74) is 1.15. The zero-order valence-corrected chi connectivity index (χ0v) is 13.7. The van der Waals surface area contributed by atoms with Crippen LogP contribution in [0.4, 0.5) is 0 Å². The van der Waals surface area contributed by atoms with Gasteiger partial charge in [-0.1, -0.05) is 19.9 Å². The molecule has 1 aliphatic carbocycles. The highest BCUT2D eigenvalue weighted by Crippen LogP contribution is 2.34. The molecule has 0 aliphatic heterocycles. The minimum Gasteiger partial charge on any atom is -0.393 e. The third-order valence-corrected chi connectivity index (χ3v) is 4.95. The summed E-state index contributed by atoms with van der Waals surface area (Å²) in [6.07, 6.45) is 6.06. The summed E-state index contributed by atoms with van der Waals surface area (Å²) in [5.74, 6) is 1.95. The van der Waals surface area contributed by atoms with Crippen molar-refractivity contribution in [2.45, 2.75) is 45.6 Å². The number of rotatable bonds is 6. The van der Waals surface area contributed by atoms with E-state index in [1.54, 1.807) is 0 Å². The van der Waals surface area contributed by atoms with Gasteiger partial charge in [0.25, 0.3) is 0 Å². The second kappa shape index (κ2) is 7.90. The third-order valence-electron chi connectivity index (χ3n) is 4.95. The second-order valence-corrected chi connectivity index (χ2v) is 6.98. The molecule has 0 bridgehead atoms. The number of aromatic nitrogens is 1. The van der Waals surface area contributed by atoms with E-state index in [1.807, 2.05) is 18.3 Å². The fourth-order valence-electron chi connectivity index (χ4n) is 3.43. The zero-order chi connectivity index (χ0) is 15.2. The summed E-state index contributed by atoms with van der Waals surface area (Å²) in [4.78, 5) is 6.72. The van der Waals surface area contributed by atoms with Crippen LogP contribution in [0.3, 0.4) is 0 Å². The van der Waals surface area contributed by atoms with Crippen molar-refractivity contribution in [1.82, 2.24) is 9.88 Å². The molecule has 21 heavy (non-hydrogen) atoms. The van der Waals surface area contributed by atoms with Gasteiger partial charge < -0.3 is 10.0 Å². The van der Waals surface area contributed by atoms with Crippen LogP contribution in [-0.2, 0) is 6.42 Å². The normalized spacial score (nSPS) is 26.5. The van der Waals surface area contributed by atoms with E-state index in [1.165, 1.54) is 12.8 Å². The van der Waals surface area contributed by atoms with Crippen LogP contribution in [0.5, 0.6) is 0 Å². The van der Waals surface area contributed by atoms with Crippen molar-refractivity contribution in [1.29, 1.82) is 0 Å². The highest BCUT2D eigenvalue weighted by molar-refractivity contribution is 5.03. The first-order chi connectivity index (χ1) is 10.1. The number of aliphatic hydroxyl groups is 1. The summed E-state index contributed by atoms with van der Waals surface area (Å²) in [7, 11) is 2.16. The first-order valence-electron chi connectivity index (χ1n) is 8.32. The second-order valence-electron chi connectivity index (χ2n) is 6.98. The molecule has 0 aromatic carbocycles. The molecular formula is C18H30N2O. The van der Waals surface area contributed by atoms with Crippen LogP contribution in [0.15, 0.2) is 24.4 Å². The standard InChI is InChI=1S/C18H30N2O/c1-14(2)15-7-8-18(21)16(12-15)13-20(3)11-9-17-6-4-5-10-19-17/h4-6,10,14-16,18,21H,7-9,11-13H2,1-3H3. The molecule has 1 aromatic rings. The smallest absolute Gasteiger partial charge is 0.0580 e. The van der Waals surface area contributed by atoms with Gasteiger partial charge in [-0.05, 0) is 56.2 Å². The van der Waals surface area contributed by atoms with Crippen LogP contribution in [-0.4, -0.2) is 41.2 Å². The van der Waals surface area contributed by atoms with Crippen LogP contribution in [0, 0.1) is 17.8 Å². The van der Waals surface area contributed by atoms with Gasteiger partial charge in [0.1, 0.15) is 0 Å². The SMILES string of the molecule is CC(C)C1CCC(O)C(CN(C)CCc2ccccn2)C1. The molecule has 1 N–H and O–H groups in total. The van der Waals surface area contributed by atoms with Gasteiger partial charge in [-0.25, -0.2) is 0 Å². The fraction of sp³-hybridized carbons (Fsp3) is 0.722. The monoisotopic (exact) mass is 290 g/mol. The Kier molecular flexibility index (Phi) is 6.19. The average Bonchev–Trinajstić information content (AvgIpc) is 2.48.